The number of carbonyl (C=O) groups is 2. The highest BCUT2D eigenvalue weighted by Gasteiger charge is 2.29. The number of amides is 3. The molecule has 0 saturated carbocycles. The number of urea groups is 1. The molecule has 0 bridgehead atoms. The summed E-state index contributed by atoms with van der Waals surface area (Å²) in [6.07, 6.45) is 5.93. The van der Waals surface area contributed by atoms with Gasteiger partial charge in [-0.2, -0.15) is 5.10 Å². The highest BCUT2D eigenvalue weighted by atomic mass is 16.2. The molecule has 2 aliphatic rings. The van der Waals surface area contributed by atoms with Gasteiger partial charge in [-0.25, -0.2) is 4.79 Å². The highest BCUT2D eigenvalue weighted by Crippen LogP contribution is 2.39. The smallest absolute Gasteiger partial charge is 0.321 e. The van der Waals surface area contributed by atoms with Crippen LogP contribution in [0.5, 0.6) is 0 Å². The monoisotopic (exact) mass is 337 g/mol. The Balaban J connectivity index is 1.69. The molecule has 7 heteroatoms. The van der Waals surface area contributed by atoms with E-state index in [4.69, 9.17) is 0 Å². The van der Waals surface area contributed by atoms with Crippen LogP contribution in [0.25, 0.3) is 0 Å². The molecule has 1 atom stereocenters. The van der Waals surface area contributed by atoms with Crippen LogP contribution in [-0.4, -0.2) is 34.8 Å². The summed E-state index contributed by atoms with van der Waals surface area (Å²) in [4.78, 5) is 25.7. The topological polar surface area (TPSA) is 79.3 Å². The zero-order chi connectivity index (χ0) is 17.4. The Morgan fingerprint density at radius 3 is 3.00 bits per heavy atom. The second-order valence-corrected chi connectivity index (χ2v) is 6.24. The molecule has 0 radical (unpaired) electrons. The Hall–Kier alpha value is -3.09. The van der Waals surface area contributed by atoms with Gasteiger partial charge in [0.15, 0.2) is 0 Å². The van der Waals surface area contributed by atoms with Crippen molar-refractivity contribution in [1.82, 2.24) is 15.1 Å². The highest BCUT2D eigenvalue weighted by molar-refractivity contribution is 5.98. The van der Waals surface area contributed by atoms with Crippen LogP contribution in [0, 0.1) is 0 Å². The molecule has 2 N–H and O–H groups in total. The number of rotatable bonds is 4. The predicted molar refractivity (Wildman–Crippen MR) is 94.7 cm³/mol. The molecule has 1 aromatic carbocycles. The van der Waals surface area contributed by atoms with Gasteiger partial charge in [0.05, 0.1) is 12.7 Å². The molecule has 3 amide bonds. The third-order valence-electron chi connectivity index (χ3n) is 4.62. The van der Waals surface area contributed by atoms with Crippen molar-refractivity contribution >= 4 is 23.3 Å². The number of anilines is 2. The Labute approximate surface area is 145 Å². The number of carbonyl (C=O) groups excluding carboxylic acids is 2. The van der Waals surface area contributed by atoms with E-state index in [-0.39, 0.29) is 17.9 Å². The van der Waals surface area contributed by atoms with Crippen molar-refractivity contribution in [3.63, 3.8) is 0 Å². The third kappa shape index (κ3) is 2.77. The molecule has 1 aromatic heterocycles. The molecule has 0 spiro atoms. The molecular formula is C18H19N5O2. The summed E-state index contributed by atoms with van der Waals surface area (Å²) in [5, 5.41) is 10.0. The largest absolute Gasteiger partial charge is 0.336 e. The standard InChI is InChI=1S/C18H19N5O2/c1-2-6-22-11-12(10-20-22)15-9-17(24)21-16-8-13(3-4-14(15)16)23-7-5-19-18(23)25/h2-4,8,10-11,15H,1,5-7,9H2,(H,19,25)(H,21,24). The summed E-state index contributed by atoms with van der Waals surface area (Å²) in [6, 6.07) is 5.69. The van der Waals surface area contributed by atoms with Crippen molar-refractivity contribution < 1.29 is 9.59 Å². The predicted octanol–water partition coefficient (Wildman–Crippen LogP) is 2.07. The number of fused-ring (bicyclic) bond motifs is 1. The first-order chi connectivity index (χ1) is 12.2. The van der Waals surface area contributed by atoms with E-state index >= 15 is 0 Å². The van der Waals surface area contributed by atoms with Gasteiger partial charge in [-0.3, -0.25) is 14.4 Å². The van der Waals surface area contributed by atoms with Crippen molar-refractivity contribution in [3.8, 4) is 0 Å². The molecular weight excluding hydrogens is 318 g/mol. The summed E-state index contributed by atoms with van der Waals surface area (Å²) in [5.74, 6) is -0.0687. The molecule has 4 rings (SSSR count). The number of hydrogen-bond acceptors (Lipinski definition) is 3. The minimum atomic E-state index is -0.107. The second-order valence-electron chi connectivity index (χ2n) is 6.24. The maximum atomic E-state index is 12.2. The van der Waals surface area contributed by atoms with Crippen LogP contribution < -0.4 is 15.5 Å². The SMILES string of the molecule is C=CCn1cc(C2CC(=O)Nc3cc(N4CCNC4=O)ccc32)cn1. The van der Waals surface area contributed by atoms with Crippen molar-refractivity contribution in [3.05, 3.63) is 54.4 Å². The summed E-state index contributed by atoms with van der Waals surface area (Å²) < 4.78 is 1.80. The minimum Gasteiger partial charge on any atom is -0.336 e. The van der Waals surface area contributed by atoms with E-state index in [1.165, 1.54) is 0 Å². The normalized spacial score (nSPS) is 19.4. The van der Waals surface area contributed by atoms with Gasteiger partial charge in [0.25, 0.3) is 0 Å². The first-order valence-corrected chi connectivity index (χ1v) is 8.28. The average Bonchev–Trinajstić information content (AvgIpc) is 3.23. The van der Waals surface area contributed by atoms with Crippen LogP contribution in [0.3, 0.4) is 0 Å². The van der Waals surface area contributed by atoms with E-state index in [0.29, 0.717) is 26.1 Å². The molecule has 128 valence electrons. The van der Waals surface area contributed by atoms with E-state index < -0.39 is 0 Å². The van der Waals surface area contributed by atoms with Gasteiger partial charge < -0.3 is 10.6 Å². The van der Waals surface area contributed by atoms with E-state index in [1.807, 2.05) is 24.4 Å². The maximum Gasteiger partial charge on any atom is 0.321 e. The fourth-order valence-electron chi connectivity index (χ4n) is 3.43. The van der Waals surface area contributed by atoms with Gasteiger partial charge in [-0.15, -0.1) is 6.58 Å². The number of nitrogens with zero attached hydrogens (tertiary/aromatic N) is 3. The summed E-state index contributed by atoms with van der Waals surface area (Å²) in [7, 11) is 0. The zero-order valence-electron chi connectivity index (χ0n) is 13.7. The lowest BCUT2D eigenvalue weighted by molar-refractivity contribution is -0.116. The lowest BCUT2D eigenvalue weighted by Crippen LogP contribution is -2.28. The van der Waals surface area contributed by atoms with Gasteiger partial charge in [0.2, 0.25) is 5.91 Å². The van der Waals surface area contributed by atoms with Crippen LogP contribution >= 0.6 is 0 Å². The Morgan fingerprint density at radius 1 is 1.36 bits per heavy atom. The molecule has 3 heterocycles. The van der Waals surface area contributed by atoms with Crippen LogP contribution in [0.1, 0.15) is 23.5 Å². The van der Waals surface area contributed by atoms with Crippen LogP contribution in [-0.2, 0) is 11.3 Å². The van der Waals surface area contributed by atoms with Crippen LogP contribution in [0.4, 0.5) is 16.2 Å². The minimum absolute atomic E-state index is 0.0306. The number of nitrogens with one attached hydrogen (secondary N) is 2. The number of allylic oxidation sites excluding steroid dienone is 1. The van der Waals surface area contributed by atoms with E-state index in [2.05, 4.69) is 22.3 Å². The van der Waals surface area contributed by atoms with E-state index in [1.54, 1.807) is 21.9 Å². The average molecular weight is 337 g/mol. The Morgan fingerprint density at radius 2 is 2.24 bits per heavy atom. The molecule has 2 aromatic rings. The van der Waals surface area contributed by atoms with Gasteiger partial charge in [-0.05, 0) is 23.3 Å². The number of benzene rings is 1. The number of hydrogen-bond donors (Lipinski definition) is 2. The summed E-state index contributed by atoms with van der Waals surface area (Å²) in [6.45, 7) is 5.61. The third-order valence-corrected chi connectivity index (χ3v) is 4.62. The van der Waals surface area contributed by atoms with E-state index in [0.717, 1.165) is 22.5 Å². The second kappa shape index (κ2) is 6.08. The van der Waals surface area contributed by atoms with Crippen molar-refractivity contribution in [2.75, 3.05) is 23.3 Å². The zero-order valence-corrected chi connectivity index (χ0v) is 13.7. The fourth-order valence-corrected chi connectivity index (χ4v) is 3.43. The maximum absolute atomic E-state index is 12.2. The summed E-state index contributed by atoms with van der Waals surface area (Å²) in [5.41, 5.74) is 3.60. The van der Waals surface area contributed by atoms with Gasteiger partial charge in [0, 0.05) is 43.0 Å². The van der Waals surface area contributed by atoms with E-state index in [9.17, 15) is 9.59 Å². The van der Waals surface area contributed by atoms with Gasteiger partial charge in [0.1, 0.15) is 0 Å². The lowest BCUT2D eigenvalue weighted by Gasteiger charge is -2.26. The quantitative estimate of drug-likeness (QED) is 0.838. The van der Waals surface area contributed by atoms with Crippen molar-refractivity contribution in [2.45, 2.75) is 18.9 Å². The molecule has 1 fully saturated rings. The van der Waals surface area contributed by atoms with Crippen molar-refractivity contribution in [2.24, 2.45) is 0 Å². The first kappa shape index (κ1) is 15.4. The van der Waals surface area contributed by atoms with Crippen LogP contribution in [0.15, 0.2) is 43.2 Å². The molecule has 1 unspecified atom stereocenters. The van der Waals surface area contributed by atoms with Crippen molar-refractivity contribution in [1.29, 1.82) is 0 Å². The molecule has 25 heavy (non-hydrogen) atoms. The first-order valence-electron chi connectivity index (χ1n) is 8.28. The lowest BCUT2D eigenvalue weighted by atomic mass is 9.86. The Kier molecular flexibility index (Phi) is 3.76. The van der Waals surface area contributed by atoms with Gasteiger partial charge >= 0.3 is 6.03 Å². The molecule has 2 aliphatic heterocycles. The molecule has 1 saturated heterocycles. The Bertz CT molecular complexity index is 857. The van der Waals surface area contributed by atoms with Gasteiger partial charge in [-0.1, -0.05) is 12.1 Å². The van der Waals surface area contributed by atoms with Crippen LogP contribution in [0.2, 0.25) is 0 Å². The molecule has 0 aliphatic carbocycles. The summed E-state index contributed by atoms with van der Waals surface area (Å²) >= 11 is 0. The fraction of sp³-hybridized carbons (Fsp3) is 0.278. The number of aromatic nitrogens is 2. The molecule has 7 nitrogen and oxygen atoms in total.